The number of thiazole rings is 1. The van der Waals surface area contributed by atoms with Crippen molar-refractivity contribution >= 4 is 33.4 Å². The predicted molar refractivity (Wildman–Crippen MR) is 102 cm³/mol. The monoisotopic (exact) mass is 364 g/mol. The van der Waals surface area contributed by atoms with Gasteiger partial charge in [0.1, 0.15) is 0 Å². The van der Waals surface area contributed by atoms with Crippen LogP contribution in [0.15, 0.2) is 29.1 Å². The molecule has 2 aromatic heterocycles. The Morgan fingerprint density at radius 2 is 1.77 bits per heavy atom. The minimum atomic E-state index is -0.0344. The molecule has 0 aliphatic carbocycles. The summed E-state index contributed by atoms with van der Waals surface area (Å²) in [6.45, 7) is 6.34. The zero-order valence-electron chi connectivity index (χ0n) is 14.6. The van der Waals surface area contributed by atoms with Crippen molar-refractivity contribution in [2.45, 2.75) is 20.8 Å². The van der Waals surface area contributed by atoms with E-state index in [-0.39, 0.29) is 12.4 Å². The zero-order chi connectivity index (χ0) is 18.0. The lowest BCUT2D eigenvalue weighted by molar-refractivity contribution is 0.174. The molecule has 0 radical (unpaired) electrons. The number of nitrogens with zero attached hydrogens (tertiary/aromatic N) is 2. The second kappa shape index (κ2) is 5.32. The summed E-state index contributed by atoms with van der Waals surface area (Å²) in [5.41, 5.74) is 6.02. The van der Waals surface area contributed by atoms with Gasteiger partial charge in [-0.1, -0.05) is 11.3 Å². The van der Waals surface area contributed by atoms with Crippen LogP contribution < -0.4 is 19.6 Å². The molecule has 2 aromatic carbocycles. The topological polar surface area (TPSA) is 52.8 Å². The summed E-state index contributed by atoms with van der Waals surface area (Å²) >= 11 is 1.41. The molecule has 1 aliphatic rings. The Labute approximate surface area is 153 Å². The highest BCUT2D eigenvalue weighted by Gasteiger charge is 2.16. The van der Waals surface area contributed by atoms with Gasteiger partial charge in [0.25, 0.3) is 5.56 Å². The smallest absolute Gasteiger partial charge is 0.274 e. The van der Waals surface area contributed by atoms with Crippen LogP contribution in [0.2, 0.25) is 0 Å². The van der Waals surface area contributed by atoms with Gasteiger partial charge in [-0.15, -0.1) is 0 Å². The molecule has 0 spiro atoms. The third kappa shape index (κ3) is 2.15. The molecule has 1 aliphatic heterocycles. The molecule has 0 bridgehead atoms. The molecule has 0 fully saturated rings. The van der Waals surface area contributed by atoms with Crippen LogP contribution in [-0.2, 0) is 0 Å². The highest BCUT2D eigenvalue weighted by molar-refractivity contribution is 7.15. The van der Waals surface area contributed by atoms with Crippen LogP contribution in [0.25, 0.3) is 22.1 Å². The molecule has 4 aromatic rings. The van der Waals surface area contributed by atoms with Gasteiger partial charge < -0.3 is 9.47 Å². The lowest BCUT2D eigenvalue weighted by Gasteiger charge is -2.02. The maximum absolute atomic E-state index is 13.0. The highest BCUT2D eigenvalue weighted by Crippen LogP contribution is 2.34. The Hall–Kier alpha value is -2.86. The standard InChI is InChI=1S/C20H16N2O3S/c1-10-4-14-15(5-11(10)2)22-19(23)18(26-20(22)21-14)8-13-7-17-16(6-12(13)3)24-9-25-17/h4-8H,9H2,1-3H3/b18-8-. The van der Waals surface area contributed by atoms with Crippen LogP contribution >= 0.6 is 11.3 Å². The van der Waals surface area contributed by atoms with Gasteiger partial charge in [0, 0.05) is 0 Å². The Balaban J connectivity index is 1.76. The highest BCUT2D eigenvalue weighted by atomic mass is 32.1. The Morgan fingerprint density at radius 3 is 2.58 bits per heavy atom. The van der Waals surface area contributed by atoms with Crippen molar-refractivity contribution in [3.8, 4) is 11.5 Å². The lowest BCUT2D eigenvalue weighted by atomic mass is 10.1. The average molecular weight is 364 g/mol. The molecule has 0 saturated heterocycles. The van der Waals surface area contributed by atoms with Crippen molar-refractivity contribution < 1.29 is 9.47 Å². The summed E-state index contributed by atoms with van der Waals surface area (Å²) in [5, 5.41) is 0. The summed E-state index contributed by atoms with van der Waals surface area (Å²) in [4.78, 5) is 18.4. The third-order valence-corrected chi connectivity index (χ3v) is 5.87. The summed E-state index contributed by atoms with van der Waals surface area (Å²) in [6.07, 6.45) is 1.91. The van der Waals surface area contributed by atoms with E-state index < -0.39 is 0 Å². The number of fused-ring (bicyclic) bond motifs is 4. The van der Waals surface area contributed by atoms with Gasteiger partial charge >= 0.3 is 0 Å². The van der Waals surface area contributed by atoms with E-state index in [0.29, 0.717) is 10.3 Å². The third-order valence-electron chi connectivity index (χ3n) is 4.90. The van der Waals surface area contributed by atoms with Crippen molar-refractivity contribution in [2.24, 2.45) is 0 Å². The van der Waals surface area contributed by atoms with E-state index in [1.54, 1.807) is 4.40 Å². The van der Waals surface area contributed by atoms with Crippen LogP contribution in [0.4, 0.5) is 0 Å². The molecule has 6 heteroatoms. The number of rotatable bonds is 1. The molecule has 26 heavy (non-hydrogen) atoms. The molecule has 0 unspecified atom stereocenters. The van der Waals surface area contributed by atoms with Crippen molar-refractivity contribution in [1.29, 1.82) is 0 Å². The largest absolute Gasteiger partial charge is 0.454 e. The van der Waals surface area contributed by atoms with Gasteiger partial charge in [0.2, 0.25) is 6.79 Å². The number of aryl methyl sites for hydroxylation is 3. The van der Waals surface area contributed by atoms with E-state index in [4.69, 9.17) is 9.47 Å². The first-order chi connectivity index (χ1) is 12.5. The van der Waals surface area contributed by atoms with Gasteiger partial charge in [0.05, 0.1) is 15.6 Å². The maximum Gasteiger partial charge on any atom is 0.274 e. The normalized spacial score (nSPS) is 14.0. The van der Waals surface area contributed by atoms with Crippen LogP contribution in [0, 0.1) is 20.8 Å². The fourth-order valence-corrected chi connectivity index (χ4v) is 4.25. The van der Waals surface area contributed by atoms with E-state index in [1.807, 2.05) is 44.2 Å². The van der Waals surface area contributed by atoms with Crippen LogP contribution in [0.1, 0.15) is 22.3 Å². The molecular weight excluding hydrogens is 348 g/mol. The summed E-state index contributed by atoms with van der Waals surface area (Å²) in [6, 6.07) is 7.94. The van der Waals surface area contributed by atoms with E-state index >= 15 is 0 Å². The Bertz CT molecular complexity index is 1320. The Kier molecular flexibility index (Phi) is 3.15. The zero-order valence-corrected chi connectivity index (χ0v) is 15.4. The number of benzene rings is 2. The lowest BCUT2D eigenvalue weighted by Crippen LogP contribution is -2.22. The first kappa shape index (κ1) is 15.4. The molecule has 5 rings (SSSR count). The minimum absolute atomic E-state index is 0.0344. The molecule has 3 heterocycles. The van der Waals surface area contributed by atoms with Gasteiger partial charge in [-0.25, -0.2) is 9.38 Å². The molecule has 0 amide bonds. The average Bonchev–Trinajstić information content (AvgIpc) is 3.25. The predicted octanol–water partition coefficient (Wildman–Crippen LogP) is 3.11. The first-order valence-electron chi connectivity index (χ1n) is 8.35. The van der Waals surface area contributed by atoms with Gasteiger partial charge in [-0.3, -0.25) is 4.79 Å². The molecule has 0 N–H and O–H groups in total. The van der Waals surface area contributed by atoms with Gasteiger partial charge in [0.15, 0.2) is 16.5 Å². The second-order valence-electron chi connectivity index (χ2n) is 6.63. The summed E-state index contributed by atoms with van der Waals surface area (Å²) in [5.74, 6) is 1.46. The fourth-order valence-electron chi connectivity index (χ4n) is 3.27. The van der Waals surface area contributed by atoms with Crippen LogP contribution in [0.3, 0.4) is 0 Å². The summed E-state index contributed by atoms with van der Waals surface area (Å²) in [7, 11) is 0. The fraction of sp³-hybridized carbons (Fsp3) is 0.200. The quantitative estimate of drug-likeness (QED) is 0.521. The Morgan fingerprint density at radius 1 is 1.04 bits per heavy atom. The van der Waals surface area contributed by atoms with E-state index in [9.17, 15) is 4.79 Å². The maximum atomic E-state index is 13.0. The minimum Gasteiger partial charge on any atom is -0.454 e. The molecule has 5 nitrogen and oxygen atoms in total. The molecule has 0 saturated carbocycles. The second-order valence-corrected chi connectivity index (χ2v) is 7.64. The summed E-state index contributed by atoms with van der Waals surface area (Å²) < 4.78 is 13.2. The van der Waals surface area contributed by atoms with Crippen molar-refractivity contribution in [1.82, 2.24) is 9.38 Å². The number of hydrogen-bond donors (Lipinski definition) is 0. The molecule has 130 valence electrons. The van der Waals surface area contributed by atoms with Crippen LogP contribution in [0.5, 0.6) is 11.5 Å². The molecule has 0 atom stereocenters. The van der Waals surface area contributed by atoms with Gasteiger partial charge in [-0.2, -0.15) is 0 Å². The number of aromatic nitrogens is 2. The SMILES string of the molecule is Cc1cc2nc3s/c(=C\c4cc5c(cc4C)OCO5)c(=O)n3c2cc1C. The number of ether oxygens (including phenoxy) is 2. The van der Waals surface area contributed by atoms with Crippen LogP contribution in [-0.4, -0.2) is 16.2 Å². The molecular formula is C20H16N2O3S. The van der Waals surface area contributed by atoms with E-state index in [2.05, 4.69) is 11.9 Å². The number of imidazole rings is 1. The first-order valence-corrected chi connectivity index (χ1v) is 9.17. The van der Waals surface area contributed by atoms with E-state index in [0.717, 1.165) is 38.4 Å². The van der Waals surface area contributed by atoms with E-state index in [1.165, 1.54) is 16.9 Å². The van der Waals surface area contributed by atoms with Gasteiger partial charge in [-0.05, 0) is 73.4 Å². The number of hydrogen-bond acceptors (Lipinski definition) is 5. The van der Waals surface area contributed by atoms with Crippen molar-refractivity contribution in [3.63, 3.8) is 0 Å². The van der Waals surface area contributed by atoms with Crippen molar-refractivity contribution in [3.05, 3.63) is 61.4 Å². The van der Waals surface area contributed by atoms with Crippen molar-refractivity contribution in [2.75, 3.05) is 6.79 Å².